The Labute approximate surface area is 183 Å². The lowest BCUT2D eigenvalue weighted by Gasteiger charge is -2.15. The molecule has 0 radical (unpaired) electrons. The first kappa shape index (κ1) is 26.1. The minimum absolute atomic E-state index is 0.0327. The summed E-state index contributed by atoms with van der Waals surface area (Å²) in [6.45, 7) is 3.84. The van der Waals surface area contributed by atoms with Crippen LogP contribution in [0.25, 0.3) is 0 Å². The second-order valence-electron chi connectivity index (χ2n) is 6.72. The van der Waals surface area contributed by atoms with Crippen LogP contribution < -0.4 is 9.47 Å². The molecule has 0 bridgehead atoms. The minimum Gasteiger partial charge on any atom is -0.454 e. The predicted molar refractivity (Wildman–Crippen MR) is 117 cm³/mol. The molecule has 1 aromatic carbocycles. The third-order valence-electron chi connectivity index (χ3n) is 4.26. The number of nitrogens with zero attached hydrogens (tertiary/aromatic N) is 2. The molecule has 170 valence electrons. The molecule has 1 aromatic heterocycles. The average molecular weight is 433 g/mol. The molecular formula is C23H32N2O6. The lowest BCUT2D eigenvalue weighted by molar-refractivity contribution is 0.0743. The number of pyridine rings is 1. The summed E-state index contributed by atoms with van der Waals surface area (Å²) in [6.07, 6.45) is 7.08. The fraction of sp³-hybridized carbons (Fsp3) is 0.435. The van der Waals surface area contributed by atoms with Crippen molar-refractivity contribution in [2.75, 3.05) is 27.2 Å². The number of unbranched alkanes of at least 4 members (excludes halogenated alkanes) is 3. The zero-order valence-corrected chi connectivity index (χ0v) is 18.4. The fourth-order valence-electron chi connectivity index (χ4n) is 2.63. The van der Waals surface area contributed by atoms with Gasteiger partial charge >= 0.3 is 0 Å². The summed E-state index contributed by atoms with van der Waals surface area (Å²) < 4.78 is 10.5. The van der Waals surface area contributed by atoms with Gasteiger partial charge < -0.3 is 24.6 Å². The second-order valence-corrected chi connectivity index (χ2v) is 6.72. The van der Waals surface area contributed by atoms with Crippen LogP contribution in [0.1, 0.15) is 60.4 Å². The SMILES string of the molecule is CCCCCC.CN(CC(=O)c1ccc2c(c1)OCO2)C(=O)c1ccccn1.OCO. The van der Waals surface area contributed by atoms with Crippen LogP contribution in [0.2, 0.25) is 0 Å². The molecule has 0 fully saturated rings. The Balaban J connectivity index is 0.000000455. The molecule has 2 heterocycles. The molecule has 0 aliphatic carbocycles. The van der Waals surface area contributed by atoms with Gasteiger partial charge in [0.1, 0.15) is 12.5 Å². The molecule has 2 aromatic rings. The highest BCUT2D eigenvalue weighted by Crippen LogP contribution is 2.32. The monoisotopic (exact) mass is 432 g/mol. The highest BCUT2D eigenvalue weighted by atomic mass is 16.7. The third kappa shape index (κ3) is 9.15. The number of fused-ring (bicyclic) bond motifs is 1. The first-order valence-electron chi connectivity index (χ1n) is 10.3. The first-order valence-corrected chi connectivity index (χ1v) is 10.3. The summed E-state index contributed by atoms with van der Waals surface area (Å²) in [5, 5.41) is 14.2. The largest absolute Gasteiger partial charge is 0.454 e. The van der Waals surface area contributed by atoms with Crippen molar-refractivity contribution in [2.45, 2.75) is 39.5 Å². The van der Waals surface area contributed by atoms with Crippen LogP contribution in [-0.4, -0.2) is 59.0 Å². The molecule has 1 aliphatic heterocycles. The van der Waals surface area contributed by atoms with Crippen molar-refractivity contribution in [3.05, 3.63) is 53.9 Å². The van der Waals surface area contributed by atoms with Gasteiger partial charge in [0.05, 0.1) is 6.54 Å². The van der Waals surface area contributed by atoms with E-state index in [9.17, 15) is 9.59 Å². The van der Waals surface area contributed by atoms with Crippen LogP contribution >= 0.6 is 0 Å². The number of amides is 1. The van der Waals surface area contributed by atoms with E-state index >= 15 is 0 Å². The van der Waals surface area contributed by atoms with Gasteiger partial charge in [0.2, 0.25) is 6.79 Å². The molecule has 2 N–H and O–H groups in total. The summed E-state index contributed by atoms with van der Waals surface area (Å²) in [6, 6.07) is 10.1. The van der Waals surface area contributed by atoms with Crippen molar-refractivity contribution >= 4 is 11.7 Å². The van der Waals surface area contributed by atoms with Crippen molar-refractivity contribution in [3.8, 4) is 11.5 Å². The highest BCUT2D eigenvalue weighted by molar-refractivity contribution is 6.01. The van der Waals surface area contributed by atoms with Crippen LogP contribution in [0.3, 0.4) is 0 Å². The number of carbonyl (C=O) groups excluding carboxylic acids is 2. The summed E-state index contributed by atoms with van der Waals surface area (Å²) in [7, 11) is 1.57. The molecule has 31 heavy (non-hydrogen) atoms. The van der Waals surface area contributed by atoms with E-state index in [4.69, 9.17) is 19.7 Å². The molecule has 0 unspecified atom stereocenters. The summed E-state index contributed by atoms with van der Waals surface area (Å²) in [5.74, 6) is 0.693. The van der Waals surface area contributed by atoms with E-state index in [0.29, 0.717) is 22.8 Å². The Morgan fingerprint density at radius 2 is 1.68 bits per heavy atom. The zero-order valence-electron chi connectivity index (χ0n) is 18.4. The average Bonchev–Trinajstić information content (AvgIpc) is 3.26. The number of carbonyl (C=O) groups is 2. The number of Topliss-reactive ketones (excluding diaryl/α,β-unsaturated/α-hetero) is 1. The molecule has 0 saturated heterocycles. The third-order valence-corrected chi connectivity index (χ3v) is 4.26. The van der Waals surface area contributed by atoms with Crippen LogP contribution in [0, 0.1) is 0 Å². The predicted octanol–water partition coefficient (Wildman–Crippen LogP) is 3.28. The lowest BCUT2D eigenvalue weighted by atomic mass is 10.1. The molecular weight excluding hydrogens is 400 g/mol. The maximum Gasteiger partial charge on any atom is 0.272 e. The molecule has 0 saturated carbocycles. The second kappa shape index (κ2) is 14.9. The number of aromatic nitrogens is 1. The number of aliphatic hydroxyl groups is 2. The number of benzene rings is 1. The number of ketones is 1. The Morgan fingerprint density at radius 3 is 2.26 bits per heavy atom. The first-order chi connectivity index (χ1) is 15.0. The number of rotatable bonds is 7. The van der Waals surface area contributed by atoms with Crippen LogP contribution in [-0.2, 0) is 0 Å². The van der Waals surface area contributed by atoms with Gasteiger partial charge in [0, 0.05) is 18.8 Å². The summed E-state index contributed by atoms with van der Waals surface area (Å²) in [4.78, 5) is 29.8. The number of aliphatic hydroxyl groups excluding tert-OH is 1. The van der Waals surface area contributed by atoms with Gasteiger partial charge in [-0.25, -0.2) is 0 Å². The normalized spacial score (nSPS) is 10.9. The van der Waals surface area contributed by atoms with E-state index in [1.807, 2.05) is 0 Å². The number of hydrogen-bond donors (Lipinski definition) is 2. The van der Waals surface area contributed by atoms with Crippen LogP contribution in [0.5, 0.6) is 11.5 Å². The molecule has 0 atom stereocenters. The summed E-state index contributed by atoms with van der Waals surface area (Å²) >= 11 is 0. The smallest absolute Gasteiger partial charge is 0.272 e. The topological polar surface area (TPSA) is 109 Å². The summed E-state index contributed by atoms with van der Waals surface area (Å²) in [5.41, 5.74) is 0.786. The molecule has 8 nitrogen and oxygen atoms in total. The zero-order chi connectivity index (χ0) is 23.1. The van der Waals surface area contributed by atoms with Gasteiger partial charge in [0.25, 0.3) is 5.91 Å². The number of likely N-dealkylation sites (N-methyl/N-ethyl adjacent to an activating group) is 1. The van der Waals surface area contributed by atoms with Crippen molar-refractivity contribution in [3.63, 3.8) is 0 Å². The molecule has 3 rings (SSSR count). The Morgan fingerprint density at radius 1 is 1.03 bits per heavy atom. The van der Waals surface area contributed by atoms with E-state index < -0.39 is 6.79 Å². The number of hydrogen-bond acceptors (Lipinski definition) is 7. The number of ether oxygens (including phenoxy) is 2. The van der Waals surface area contributed by atoms with Gasteiger partial charge in [-0.3, -0.25) is 14.6 Å². The Kier molecular flexibility index (Phi) is 12.5. The minimum atomic E-state index is -0.750. The van der Waals surface area contributed by atoms with E-state index in [1.54, 1.807) is 49.6 Å². The van der Waals surface area contributed by atoms with E-state index in [0.717, 1.165) is 0 Å². The maximum atomic E-state index is 12.3. The fourth-order valence-corrected chi connectivity index (χ4v) is 2.63. The van der Waals surface area contributed by atoms with Gasteiger partial charge in [-0.05, 0) is 30.3 Å². The quantitative estimate of drug-likeness (QED) is 0.392. The van der Waals surface area contributed by atoms with Crippen molar-refractivity contribution in [1.82, 2.24) is 9.88 Å². The van der Waals surface area contributed by atoms with Gasteiger partial charge in [-0.15, -0.1) is 0 Å². The standard InChI is InChI=1S/C16H14N2O4.C6H14.CH4O2/c1-18(16(20)12-4-2-3-7-17-12)9-13(19)11-5-6-14-15(8-11)22-10-21-14;1-3-5-6-4-2;2-1-3/h2-8H,9-10H2,1H3;3-6H2,1-2H3;2-3H,1H2. The van der Waals surface area contributed by atoms with Crippen LogP contribution in [0.15, 0.2) is 42.6 Å². The van der Waals surface area contributed by atoms with E-state index in [2.05, 4.69) is 18.8 Å². The Hall–Kier alpha value is -2.97. The van der Waals surface area contributed by atoms with Gasteiger partial charge in [-0.2, -0.15) is 0 Å². The molecule has 8 heteroatoms. The van der Waals surface area contributed by atoms with Crippen molar-refractivity contribution < 1.29 is 29.3 Å². The van der Waals surface area contributed by atoms with Gasteiger partial charge in [-0.1, -0.05) is 45.6 Å². The molecule has 1 aliphatic rings. The molecule has 0 spiro atoms. The van der Waals surface area contributed by atoms with Crippen molar-refractivity contribution in [1.29, 1.82) is 0 Å². The van der Waals surface area contributed by atoms with E-state index in [-0.39, 0.29) is 25.0 Å². The Bertz CT molecular complexity index is 794. The van der Waals surface area contributed by atoms with Crippen molar-refractivity contribution in [2.24, 2.45) is 0 Å². The highest BCUT2D eigenvalue weighted by Gasteiger charge is 2.19. The van der Waals surface area contributed by atoms with E-state index in [1.165, 1.54) is 30.6 Å². The molecule has 1 amide bonds. The maximum absolute atomic E-state index is 12.3. The lowest BCUT2D eigenvalue weighted by Crippen LogP contribution is -2.32. The van der Waals surface area contributed by atoms with Gasteiger partial charge in [0.15, 0.2) is 17.3 Å². The van der Waals surface area contributed by atoms with Crippen LogP contribution in [0.4, 0.5) is 0 Å².